The fraction of sp³-hybridized carbons (Fsp3) is 0.167. The maximum Gasteiger partial charge on any atom is 0.272 e. The molecule has 0 atom stereocenters. The molecule has 0 unspecified atom stereocenters. The van der Waals surface area contributed by atoms with Crippen molar-refractivity contribution in [2.75, 3.05) is 26.1 Å². The van der Waals surface area contributed by atoms with E-state index in [0.717, 1.165) is 27.8 Å². The first-order valence-corrected chi connectivity index (χ1v) is 14.4. The molecule has 0 aliphatic heterocycles. The van der Waals surface area contributed by atoms with Gasteiger partial charge in [-0.05, 0) is 99.1 Å². The lowest BCUT2D eigenvalue weighted by molar-refractivity contribution is 0.0955. The number of benzene rings is 4. The summed E-state index contributed by atoms with van der Waals surface area (Å²) in [6, 6.07) is 27.4. The summed E-state index contributed by atoms with van der Waals surface area (Å²) in [7, 11) is 3.05. The van der Waals surface area contributed by atoms with E-state index in [4.69, 9.17) is 19.2 Å². The average Bonchev–Trinajstić information content (AvgIpc) is 3.06. The van der Waals surface area contributed by atoms with Crippen molar-refractivity contribution < 1.29 is 23.8 Å². The van der Waals surface area contributed by atoms with Crippen LogP contribution in [0.5, 0.6) is 17.2 Å². The predicted octanol–water partition coefficient (Wildman–Crippen LogP) is 7.03. The molecule has 0 fully saturated rings. The van der Waals surface area contributed by atoms with Gasteiger partial charge in [-0.2, -0.15) is 5.10 Å². The summed E-state index contributed by atoms with van der Waals surface area (Å²) in [5.41, 5.74) is 8.69. The molecular formula is C36H34N4O5. The molecule has 1 aromatic heterocycles. The van der Waals surface area contributed by atoms with Gasteiger partial charge in [-0.15, -0.1) is 0 Å². The number of rotatable bonds is 10. The van der Waals surface area contributed by atoms with Gasteiger partial charge < -0.3 is 19.5 Å². The fourth-order valence-corrected chi connectivity index (χ4v) is 4.83. The molecule has 0 saturated carbocycles. The van der Waals surface area contributed by atoms with Crippen LogP contribution < -0.4 is 25.0 Å². The second-order valence-corrected chi connectivity index (χ2v) is 10.3. The second kappa shape index (κ2) is 13.7. The Morgan fingerprint density at radius 3 is 2.33 bits per heavy atom. The molecule has 9 nitrogen and oxygen atoms in total. The number of hydrogen-bond acceptors (Lipinski definition) is 7. The number of amides is 2. The maximum atomic E-state index is 13.6. The predicted molar refractivity (Wildman–Crippen MR) is 177 cm³/mol. The molecule has 1 heterocycles. The van der Waals surface area contributed by atoms with Crippen LogP contribution in [-0.2, 0) is 0 Å². The third kappa shape index (κ3) is 7.10. The lowest BCUT2D eigenvalue weighted by atomic mass is 10.0. The zero-order chi connectivity index (χ0) is 31.9. The minimum absolute atomic E-state index is 0.306. The summed E-state index contributed by atoms with van der Waals surface area (Å²) in [5.74, 6) is 1.09. The molecule has 0 spiro atoms. The Hall–Kier alpha value is -5.70. The van der Waals surface area contributed by atoms with E-state index in [1.165, 1.54) is 14.2 Å². The van der Waals surface area contributed by atoms with E-state index < -0.39 is 0 Å². The van der Waals surface area contributed by atoms with Crippen molar-refractivity contribution in [3.8, 4) is 28.5 Å². The Labute approximate surface area is 261 Å². The van der Waals surface area contributed by atoms with E-state index in [2.05, 4.69) is 15.8 Å². The molecule has 0 radical (unpaired) electrons. The Morgan fingerprint density at radius 2 is 1.60 bits per heavy atom. The molecule has 2 amide bonds. The first kappa shape index (κ1) is 30.7. The van der Waals surface area contributed by atoms with Crippen LogP contribution in [0.15, 0.2) is 96.1 Å². The van der Waals surface area contributed by atoms with E-state index in [0.29, 0.717) is 51.8 Å². The van der Waals surface area contributed by atoms with E-state index in [1.54, 1.807) is 43.3 Å². The summed E-state index contributed by atoms with van der Waals surface area (Å²) < 4.78 is 16.1. The van der Waals surface area contributed by atoms with Gasteiger partial charge in [-0.25, -0.2) is 10.4 Å². The zero-order valence-corrected chi connectivity index (χ0v) is 25.8. The van der Waals surface area contributed by atoms with Crippen molar-refractivity contribution >= 4 is 34.1 Å². The lowest BCUT2D eigenvalue weighted by Gasteiger charge is -2.12. The first-order chi connectivity index (χ1) is 21.8. The molecule has 4 aromatic carbocycles. The molecule has 5 rings (SSSR count). The Bertz CT molecular complexity index is 1900. The van der Waals surface area contributed by atoms with Crippen LogP contribution in [0.2, 0.25) is 0 Å². The van der Waals surface area contributed by atoms with Gasteiger partial charge in [0.2, 0.25) is 0 Å². The third-order valence-electron chi connectivity index (χ3n) is 7.18. The molecule has 45 heavy (non-hydrogen) atoms. The van der Waals surface area contributed by atoms with Gasteiger partial charge >= 0.3 is 0 Å². The number of aromatic nitrogens is 1. The van der Waals surface area contributed by atoms with Gasteiger partial charge in [0.1, 0.15) is 5.75 Å². The number of carbonyl (C=O) groups excluding carboxylic acids is 2. The van der Waals surface area contributed by atoms with Gasteiger partial charge in [0.25, 0.3) is 11.8 Å². The van der Waals surface area contributed by atoms with Crippen LogP contribution >= 0.6 is 0 Å². The molecule has 2 N–H and O–H groups in total. The summed E-state index contributed by atoms with van der Waals surface area (Å²) >= 11 is 0. The van der Waals surface area contributed by atoms with Crippen LogP contribution in [0.4, 0.5) is 5.69 Å². The number of aryl methyl sites for hydroxylation is 1. The second-order valence-electron chi connectivity index (χ2n) is 10.3. The van der Waals surface area contributed by atoms with Crippen molar-refractivity contribution in [2.45, 2.75) is 20.8 Å². The molecule has 228 valence electrons. The molecule has 0 saturated heterocycles. The number of hydrogen-bond donors (Lipinski definition) is 2. The number of fused-ring (bicyclic) bond motifs is 1. The first-order valence-electron chi connectivity index (χ1n) is 14.4. The van der Waals surface area contributed by atoms with Crippen molar-refractivity contribution in [3.05, 3.63) is 113 Å². The van der Waals surface area contributed by atoms with E-state index in [9.17, 15) is 9.59 Å². The van der Waals surface area contributed by atoms with Crippen molar-refractivity contribution in [2.24, 2.45) is 5.10 Å². The average molecular weight is 603 g/mol. The summed E-state index contributed by atoms with van der Waals surface area (Å²) in [6.07, 6.45) is 0. The van der Waals surface area contributed by atoms with E-state index >= 15 is 0 Å². The smallest absolute Gasteiger partial charge is 0.272 e. The highest BCUT2D eigenvalue weighted by Gasteiger charge is 2.16. The Morgan fingerprint density at radius 1 is 0.822 bits per heavy atom. The van der Waals surface area contributed by atoms with Gasteiger partial charge in [-0.1, -0.05) is 23.8 Å². The quantitative estimate of drug-likeness (QED) is 0.131. The highest BCUT2D eigenvalue weighted by Crippen LogP contribution is 2.29. The molecule has 0 aliphatic carbocycles. The number of hydrazone groups is 1. The number of anilines is 1. The molecular weight excluding hydrogens is 568 g/mol. The number of carbonyl (C=O) groups is 2. The maximum absolute atomic E-state index is 13.6. The zero-order valence-electron chi connectivity index (χ0n) is 25.8. The standard InChI is InChI=1S/C36H34N4O5/c1-6-45-28-14-11-24(12-15-28)32-21-30(29-18-22(2)10-16-31(29)38-32)36(42)40-39-23(3)25-8-7-9-27(19-25)37-35(41)26-13-17-33(43-4)34(20-26)44-5/h7-21H,6H2,1-5H3,(H,37,41)(H,40,42)/b39-23-. The molecule has 0 bridgehead atoms. The van der Waals surface area contributed by atoms with Gasteiger partial charge in [-0.3, -0.25) is 9.59 Å². The Balaban J connectivity index is 1.37. The number of pyridine rings is 1. The number of nitrogens with zero attached hydrogens (tertiary/aromatic N) is 2. The normalized spacial score (nSPS) is 11.2. The summed E-state index contributed by atoms with van der Waals surface area (Å²) in [4.78, 5) is 31.3. The lowest BCUT2D eigenvalue weighted by Crippen LogP contribution is -2.20. The van der Waals surface area contributed by atoms with Crippen molar-refractivity contribution in [1.29, 1.82) is 0 Å². The SMILES string of the molecule is CCOc1ccc(-c2cc(C(=O)N/N=C(/C)c3cccc(NC(=O)c4ccc(OC)c(OC)c4)c3)c3cc(C)ccc3n2)cc1. The van der Waals surface area contributed by atoms with E-state index in [1.807, 2.05) is 68.4 Å². The van der Waals surface area contributed by atoms with Crippen molar-refractivity contribution in [1.82, 2.24) is 10.4 Å². The minimum atomic E-state index is -0.363. The third-order valence-corrected chi connectivity index (χ3v) is 7.18. The van der Waals surface area contributed by atoms with E-state index in [-0.39, 0.29) is 11.8 Å². The van der Waals surface area contributed by atoms with Gasteiger partial charge in [0.05, 0.1) is 43.3 Å². The minimum Gasteiger partial charge on any atom is -0.494 e. The molecule has 0 aliphatic rings. The van der Waals surface area contributed by atoms with Crippen LogP contribution in [-0.4, -0.2) is 43.3 Å². The van der Waals surface area contributed by atoms with Gasteiger partial charge in [0.15, 0.2) is 11.5 Å². The highest BCUT2D eigenvalue weighted by atomic mass is 16.5. The van der Waals surface area contributed by atoms with Crippen LogP contribution in [0.25, 0.3) is 22.2 Å². The van der Waals surface area contributed by atoms with Crippen LogP contribution in [0.1, 0.15) is 45.7 Å². The topological polar surface area (TPSA) is 111 Å². The monoisotopic (exact) mass is 602 g/mol. The molecule has 9 heteroatoms. The molecule has 5 aromatic rings. The van der Waals surface area contributed by atoms with Crippen LogP contribution in [0.3, 0.4) is 0 Å². The highest BCUT2D eigenvalue weighted by molar-refractivity contribution is 6.09. The van der Waals surface area contributed by atoms with Crippen molar-refractivity contribution in [3.63, 3.8) is 0 Å². The largest absolute Gasteiger partial charge is 0.494 e. The number of ether oxygens (including phenoxy) is 3. The summed E-state index contributed by atoms with van der Waals surface area (Å²) in [6.45, 7) is 6.28. The number of nitrogens with one attached hydrogen (secondary N) is 2. The fourth-order valence-electron chi connectivity index (χ4n) is 4.83. The Kier molecular flexibility index (Phi) is 9.38. The summed E-state index contributed by atoms with van der Waals surface area (Å²) in [5, 5.41) is 8.02. The van der Waals surface area contributed by atoms with Crippen LogP contribution in [0, 0.1) is 6.92 Å². The number of methoxy groups -OCH3 is 2. The van der Waals surface area contributed by atoms with Gasteiger partial charge in [0, 0.05) is 22.2 Å².